The second kappa shape index (κ2) is 6.32. The van der Waals surface area contributed by atoms with Crippen molar-refractivity contribution in [3.05, 3.63) is 35.9 Å². The van der Waals surface area contributed by atoms with E-state index < -0.39 is 26.2 Å². The van der Waals surface area contributed by atoms with Crippen molar-refractivity contribution in [3.63, 3.8) is 0 Å². The van der Waals surface area contributed by atoms with Crippen molar-refractivity contribution in [2.24, 2.45) is 0 Å². The molecule has 1 aromatic carbocycles. The molecule has 1 aliphatic carbocycles. The van der Waals surface area contributed by atoms with Crippen molar-refractivity contribution in [2.45, 2.75) is 50.7 Å². The van der Waals surface area contributed by atoms with Gasteiger partial charge >= 0.3 is 6.09 Å². The molecule has 1 fully saturated rings. The molecule has 0 aromatic heterocycles. The van der Waals surface area contributed by atoms with Crippen LogP contribution in [-0.4, -0.2) is 31.9 Å². The molecule has 7 heteroatoms. The number of carbonyl (C=O) groups is 1. The van der Waals surface area contributed by atoms with Crippen molar-refractivity contribution in [3.8, 4) is 0 Å². The van der Waals surface area contributed by atoms with Crippen LogP contribution in [0.1, 0.15) is 39.2 Å². The smallest absolute Gasteiger partial charge is 0.407 e. The summed E-state index contributed by atoms with van der Waals surface area (Å²) in [5.41, 5.74) is -0.197. The van der Waals surface area contributed by atoms with Crippen LogP contribution in [0.15, 0.2) is 30.3 Å². The zero-order valence-electron chi connectivity index (χ0n) is 13.5. The average Bonchev–Trinajstić information content (AvgIpc) is 2.33. The lowest BCUT2D eigenvalue weighted by Gasteiger charge is -2.47. The van der Waals surface area contributed by atoms with Gasteiger partial charge in [-0.1, -0.05) is 30.3 Å². The Morgan fingerprint density at radius 1 is 1.30 bits per heavy atom. The largest absolute Gasteiger partial charge is 0.444 e. The summed E-state index contributed by atoms with van der Waals surface area (Å²) in [5.74, 6) is -0.141. The van der Waals surface area contributed by atoms with Crippen LogP contribution in [0.2, 0.25) is 0 Å². The van der Waals surface area contributed by atoms with Crippen molar-refractivity contribution < 1.29 is 17.9 Å². The van der Waals surface area contributed by atoms with E-state index in [0.717, 1.165) is 5.56 Å². The summed E-state index contributed by atoms with van der Waals surface area (Å²) in [5, 5.41) is 2.78. The highest BCUT2D eigenvalue weighted by molar-refractivity contribution is 8.13. The van der Waals surface area contributed by atoms with Gasteiger partial charge in [0.05, 0.1) is 5.75 Å². The molecule has 128 valence electrons. The van der Waals surface area contributed by atoms with E-state index in [2.05, 4.69) is 5.32 Å². The van der Waals surface area contributed by atoms with Gasteiger partial charge in [0, 0.05) is 22.1 Å². The van der Waals surface area contributed by atoms with Crippen molar-refractivity contribution in [2.75, 3.05) is 5.75 Å². The highest BCUT2D eigenvalue weighted by Gasteiger charge is 2.48. The van der Waals surface area contributed by atoms with Gasteiger partial charge in [0.15, 0.2) is 0 Å². The molecule has 5 nitrogen and oxygen atoms in total. The van der Waals surface area contributed by atoms with Crippen LogP contribution in [0, 0.1) is 0 Å². The second-order valence-electron chi connectivity index (χ2n) is 7.08. The standard InChI is InChI=1S/C16H22ClNO4S/c1-15(2,3)22-14(19)18-13-9-16(10-13,11-23(17,20)21)12-7-5-4-6-8-12/h4-8,13H,9-11H2,1-3H3,(H,18,19). The Bertz CT molecular complexity index is 661. The summed E-state index contributed by atoms with van der Waals surface area (Å²) in [7, 11) is 1.84. The molecule has 0 spiro atoms. The van der Waals surface area contributed by atoms with E-state index in [1.54, 1.807) is 20.8 Å². The molecule has 1 N–H and O–H groups in total. The lowest BCUT2D eigenvalue weighted by Crippen LogP contribution is -2.56. The fourth-order valence-electron chi connectivity index (χ4n) is 3.02. The number of nitrogens with one attached hydrogen (secondary N) is 1. The van der Waals surface area contributed by atoms with Gasteiger partial charge in [0.1, 0.15) is 5.60 Å². The third-order valence-electron chi connectivity index (χ3n) is 3.83. The van der Waals surface area contributed by atoms with Crippen LogP contribution in [0.5, 0.6) is 0 Å². The summed E-state index contributed by atoms with van der Waals surface area (Å²) in [4.78, 5) is 11.8. The molecular weight excluding hydrogens is 338 g/mol. The Balaban J connectivity index is 2.06. The third-order valence-corrected chi connectivity index (χ3v) is 5.05. The molecule has 0 aliphatic heterocycles. The van der Waals surface area contributed by atoms with Gasteiger partial charge < -0.3 is 10.1 Å². The Hall–Kier alpha value is -1.27. The summed E-state index contributed by atoms with van der Waals surface area (Å²) >= 11 is 0. The number of alkyl carbamates (subject to hydrolysis) is 1. The first kappa shape index (κ1) is 18.1. The normalized spacial score (nSPS) is 24.6. The zero-order valence-corrected chi connectivity index (χ0v) is 15.1. The number of carbonyl (C=O) groups excluding carboxylic acids is 1. The Morgan fingerprint density at radius 2 is 1.87 bits per heavy atom. The van der Waals surface area contributed by atoms with Gasteiger partial charge in [-0.25, -0.2) is 13.2 Å². The predicted octanol–water partition coefficient (Wildman–Crippen LogP) is 3.18. The minimum Gasteiger partial charge on any atom is -0.444 e. The van der Waals surface area contributed by atoms with E-state index in [4.69, 9.17) is 15.4 Å². The lowest BCUT2D eigenvalue weighted by atomic mass is 9.63. The van der Waals surface area contributed by atoms with Gasteiger partial charge in [-0.05, 0) is 39.2 Å². The molecule has 0 saturated heterocycles. The number of benzene rings is 1. The minimum atomic E-state index is -3.64. The average molecular weight is 360 g/mol. The fourth-order valence-corrected chi connectivity index (χ4v) is 4.71. The topological polar surface area (TPSA) is 72.5 Å². The van der Waals surface area contributed by atoms with Crippen molar-refractivity contribution in [1.82, 2.24) is 5.32 Å². The van der Waals surface area contributed by atoms with Gasteiger partial charge in [0.2, 0.25) is 9.05 Å². The fraction of sp³-hybridized carbons (Fsp3) is 0.562. The summed E-state index contributed by atoms with van der Waals surface area (Å²) < 4.78 is 28.4. The highest BCUT2D eigenvalue weighted by atomic mass is 35.7. The second-order valence-corrected chi connectivity index (χ2v) is 9.86. The van der Waals surface area contributed by atoms with Crippen molar-refractivity contribution in [1.29, 1.82) is 0 Å². The maximum absolute atomic E-state index is 11.8. The third kappa shape index (κ3) is 5.11. The molecule has 0 atom stereocenters. The summed E-state index contributed by atoms with van der Waals surface area (Å²) in [6, 6.07) is 9.28. The first-order valence-electron chi connectivity index (χ1n) is 7.47. The van der Waals surface area contributed by atoms with Crippen LogP contribution in [0.25, 0.3) is 0 Å². The maximum atomic E-state index is 11.8. The monoisotopic (exact) mass is 359 g/mol. The number of hydrogen-bond donors (Lipinski definition) is 1. The van der Waals surface area contributed by atoms with E-state index in [1.165, 1.54) is 0 Å². The SMILES string of the molecule is CC(C)(C)OC(=O)NC1CC(CS(=O)(=O)Cl)(c2ccccc2)C1. The minimum absolute atomic E-state index is 0.122. The Morgan fingerprint density at radius 3 is 2.35 bits per heavy atom. The van der Waals surface area contributed by atoms with E-state index in [9.17, 15) is 13.2 Å². The quantitative estimate of drug-likeness (QED) is 0.838. The molecule has 1 aliphatic rings. The molecular formula is C16H22ClNO4S. The molecule has 2 rings (SSSR count). The number of halogens is 1. The van der Waals surface area contributed by atoms with E-state index >= 15 is 0 Å². The molecule has 1 aromatic rings. The van der Waals surface area contributed by atoms with Crippen LogP contribution in [0.3, 0.4) is 0 Å². The molecule has 0 bridgehead atoms. The van der Waals surface area contributed by atoms with Gasteiger partial charge in [-0.2, -0.15) is 0 Å². The van der Waals surface area contributed by atoms with Crippen molar-refractivity contribution >= 4 is 25.8 Å². The first-order chi connectivity index (χ1) is 10.5. The van der Waals surface area contributed by atoms with Crippen LogP contribution >= 0.6 is 10.7 Å². The summed E-state index contributed by atoms with van der Waals surface area (Å²) in [6.45, 7) is 5.38. The molecule has 1 saturated carbocycles. The highest BCUT2D eigenvalue weighted by Crippen LogP contribution is 2.45. The number of amides is 1. The maximum Gasteiger partial charge on any atom is 0.407 e. The van der Waals surface area contributed by atoms with E-state index in [1.807, 2.05) is 30.3 Å². The Labute approximate surface area is 141 Å². The van der Waals surface area contributed by atoms with Gasteiger partial charge in [-0.15, -0.1) is 0 Å². The summed E-state index contributed by atoms with van der Waals surface area (Å²) in [6.07, 6.45) is 0.544. The number of rotatable bonds is 4. The van der Waals surface area contributed by atoms with Crippen LogP contribution in [0.4, 0.5) is 4.79 Å². The van der Waals surface area contributed by atoms with Crippen LogP contribution in [-0.2, 0) is 19.2 Å². The van der Waals surface area contributed by atoms with E-state index in [0.29, 0.717) is 12.8 Å². The predicted molar refractivity (Wildman–Crippen MR) is 90.2 cm³/mol. The lowest BCUT2D eigenvalue weighted by molar-refractivity contribution is 0.0441. The number of hydrogen-bond acceptors (Lipinski definition) is 4. The first-order valence-corrected chi connectivity index (χ1v) is 9.94. The molecule has 0 heterocycles. The number of ether oxygens (including phenoxy) is 1. The van der Waals surface area contributed by atoms with Crippen LogP contribution < -0.4 is 5.32 Å². The van der Waals surface area contributed by atoms with E-state index in [-0.39, 0.29) is 11.8 Å². The molecule has 23 heavy (non-hydrogen) atoms. The Kier molecular flexibility index (Phi) is 4.97. The van der Waals surface area contributed by atoms with Gasteiger partial charge in [0.25, 0.3) is 0 Å². The van der Waals surface area contributed by atoms with Gasteiger partial charge in [-0.3, -0.25) is 0 Å². The molecule has 0 radical (unpaired) electrons. The zero-order chi connectivity index (χ0) is 17.3. The molecule has 0 unspecified atom stereocenters. The molecule has 1 amide bonds.